The first kappa shape index (κ1) is 22.0. The molecule has 8 nitrogen and oxygen atoms in total. The zero-order valence-corrected chi connectivity index (χ0v) is 16.5. The summed E-state index contributed by atoms with van der Waals surface area (Å²) >= 11 is 0. The van der Waals surface area contributed by atoms with Crippen molar-refractivity contribution in [3.63, 3.8) is 0 Å². The van der Waals surface area contributed by atoms with E-state index in [0.29, 0.717) is 12.6 Å². The van der Waals surface area contributed by atoms with Gasteiger partial charge in [0.05, 0.1) is 16.7 Å². The minimum atomic E-state index is -3.26. The molecular weight excluding hydrogens is 396 g/mol. The van der Waals surface area contributed by atoms with Gasteiger partial charge < -0.3 is 20.2 Å². The second-order valence-corrected chi connectivity index (χ2v) is 9.31. The van der Waals surface area contributed by atoms with Crippen LogP contribution in [0.2, 0.25) is 0 Å². The Kier molecular flexibility index (Phi) is 6.60. The number of likely N-dealkylation sites (tertiary alicyclic amines) is 1. The van der Waals surface area contributed by atoms with Crippen LogP contribution in [0, 0.1) is 17.6 Å². The van der Waals surface area contributed by atoms with Gasteiger partial charge in [-0.15, -0.1) is 0 Å². The fraction of sp³-hybridized carbons (Fsp3) is 0.529. The molecule has 2 heterocycles. The predicted molar refractivity (Wildman–Crippen MR) is 98.8 cm³/mol. The lowest BCUT2D eigenvalue weighted by atomic mass is 10.00. The van der Waals surface area contributed by atoms with Crippen molar-refractivity contribution in [3.8, 4) is 0 Å². The van der Waals surface area contributed by atoms with E-state index in [1.807, 2.05) is 19.0 Å². The van der Waals surface area contributed by atoms with Crippen molar-refractivity contribution in [1.29, 1.82) is 0 Å². The summed E-state index contributed by atoms with van der Waals surface area (Å²) in [4.78, 5) is 24.6. The van der Waals surface area contributed by atoms with Gasteiger partial charge in [-0.2, -0.15) is 0 Å². The molecule has 1 aromatic carbocycles. The number of aliphatic carboxylic acids is 1. The predicted octanol–water partition coefficient (Wildman–Crippen LogP) is 1.25. The van der Waals surface area contributed by atoms with Crippen molar-refractivity contribution in [2.45, 2.75) is 18.2 Å². The maximum absolute atomic E-state index is 13.6. The first-order valence-electron chi connectivity index (χ1n) is 8.51. The van der Waals surface area contributed by atoms with Crippen LogP contribution in [0.1, 0.15) is 6.92 Å². The molecular formula is C17H23F2N3O5S. The molecule has 28 heavy (non-hydrogen) atoms. The molecule has 1 aromatic rings. The monoisotopic (exact) mass is 419 g/mol. The maximum atomic E-state index is 13.6. The summed E-state index contributed by atoms with van der Waals surface area (Å²) in [7, 11) is 0.379. The molecule has 3 rings (SSSR count). The van der Waals surface area contributed by atoms with Crippen LogP contribution in [0.4, 0.5) is 19.3 Å². The van der Waals surface area contributed by atoms with Gasteiger partial charge in [0.2, 0.25) is 0 Å². The van der Waals surface area contributed by atoms with Crippen LogP contribution in [0.15, 0.2) is 18.2 Å². The molecule has 0 saturated carbocycles. The number of fused-ring (bicyclic) bond motifs is 1. The maximum Gasteiger partial charge on any atom is 0.321 e. The summed E-state index contributed by atoms with van der Waals surface area (Å²) < 4.78 is 51.1. The third-order valence-corrected chi connectivity index (χ3v) is 7.02. The van der Waals surface area contributed by atoms with E-state index in [9.17, 15) is 22.0 Å². The number of sulfone groups is 1. The van der Waals surface area contributed by atoms with E-state index in [-0.39, 0.29) is 29.9 Å². The van der Waals surface area contributed by atoms with E-state index in [0.717, 1.165) is 19.1 Å². The van der Waals surface area contributed by atoms with Crippen molar-refractivity contribution in [3.05, 3.63) is 29.8 Å². The van der Waals surface area contributed by atoms with Gasteiger partial charge in [0.25, 0.3) is 5.97 Å². The van der Waals surface area contributed by atoms with E-state index >= 15 is 0 Å². The number of rotatable bonds is 2. The number of nitrogens with one attached hydrogen (secondary N) is 1. The number of halogens is 2. The average Bonchev–Trinajstić information content (AvgIpc) is 3.09. The van der Waals surface area contributed by atoms with Crippen LogP contribution in [-0.4, -0.2) is 79.6 Å². The van der Waals surface area contributed by atoms with Gasteiger partial charge in [-0.05, 0) is 26.2 Å². The highest BCUT2D eigenvalue weighted by Gasteiger charge is 2.53. The quantitative estimate of drug-likeness (QED) is 0.747. The zero-order valence-electron chi connectivity index (χ0n) is 15.7. The highest BCUT2D eigenvalue weighted by atomic mass is 32.2. The second-order valence-electron chi connectivity index (χ2n) is 7.04. The molecule has 2 N–H and O–H groups in total. The Hall–Kier alpha value is -2.27. The summed E-state index contributed by atoms with van der Waals surface area (Å²) in [5.74, 6) is -2.51. The fourth-order valence-electron chi connectivity index (χ4n) is 3.52. The van der Waals surface area contributed by atoms with Gasteiger partial charge in [0.15, 0.2) is 9.84 Å². The molecule has 2 aliphatic rings. The van der Waals surface area contributed by atoms with Crippen molar-refractivity contribution >= 4 is 27.5 Å². The number of carbonyl (C=O) groups is 2. The van der Waals surface area contributed by atoms with Crippen LogP contribution >= 0.6 is 0 Å². The van der Waals surface area contributed by atoms with E-state index in [2.05, 4.69) is 5.32 Å². The fourth-order valence-corrected chi connectivity index (χ4v) is 5.99. The third-order valence-electron chi connectivity index (χ3n) is 4.79. The Morgan fingerprint density at radius 3 is 2.39 bits per heavy atom. The van der Waals surface area contributed by atoms with Gasteiger partial charge in [0, 0.05) is 38.0 Å². The molecule has 0 unspecified atom stereocenters. The van der Waals surface area contributed by atoms with Crippen LogP contribution < -0.4 is 5.32 Å². The molecule has 156 valence electrons. The van der Waals surface area contributed by atoms with Crippen LogP contribution in [-0.2, 0) is 14.6 Å². The molecule has 0 aromatic heterocycles. The van der Waals surface area contributed by atoms with E-state index in [1.165, 1.54) is 4.90 Å². The number of hydrogen-bond donors (Lipinski definition) is 2. The summed E-state index contributed by atoms with van der Waals surface area (Å²) in [5, 5.41) is 9.20. The van der Waals surface area contributed by atoms with Crippen molar-refractivity contribution in [2.24, 2.45) is 5.92 Å². The standard InChI is InChI=1S/C15H19F2N3O3S.C2H4O2/c1-19(2)13-8-24(22,23)14-7-20(6-10(13)14)15(21)18-12-4-3-9(16)5-11(12)17;1-2(3)4/h3-5,10,13-14H,6-8H2,1-2H3,(H,18,21);1H3,(H,3,4)/t10-,13+,14-;/m0./s1. The van der Waals surface area contributed by atoms with E-state index in [1.54, 1.807) is 0 Å². The number of benzene rings is 1. The van der Waals surface area contributed by atoms with Crippen LogP contribution in [0.25, 0.3) is 0 Å². The Labute approximate surface area is 162 Å². The van der Waals surface area contributed by atoms with Gasteiger partial charge in [0.1, 0.15) is 11.6 Å². The number of anilines is 1. The molecule has 0 spiro atoms. The Morgan fingerprint density at radius 1 is 1.25 bits per heavy atom. The molecule has 11 heteroatoms. The molecule has 3 atom stereocenters. The number of nitrogens with zero attached hydrogens (tertiary/aromatic N) is 2. The number of hydrogen-bond acceptors (Lipinski definition) is 5. The molecule has 0 radical (unpaired) electrons. The van der Waals surface area contributed by atoms with Crippen molar-refractivity contribution in [2.75, 3.05) is 38.3 Å². The second kappa shape index (κ2) is 8.39. The average molecular weight is 419 g/mol. The first-order chi connectivity index (χ1) is 12.9. The minimum absolute atomic E-state index is 0.0893. The lowest BCUT2D eigenvalue weighted by molar-refractivity contribution is -0.134. The molecule has 0 aliphatic carbocycles. The van der Waals surface area contributed by atoms with Gasteiger partial charge in [-0.1, -0.05) is 0 Å². The molecule has 2 fully saturated rings. The lowest BCUT2D eigenvalue weighted by Crippen LogP contribution is -2.40. The minimum Gasteiger partial charge on any atom is -0.481 e. The smallest absolute Gasteiger partial charge is 0.321 e. The number of carboxylic acids is 1. The Balaban J connectivity index is 0.000000640. The lowest BCUT2D eigenvalue weighted by Gasteiger charge is -2.25. The zero-order chi connectivity index (χ0) is 21.2. The van der Waals surface area contributed by atoms with Gasteiger partial charge in [-0.3, -0.25) is 4.79 Å². The summed E-state index contributed by atoms with van der Waals surface area (Å²) in [6.07, 6.45) is 0. The number of urea groups is 1. The van der Waals surface area contributed by atoms with E-state index < -0.39 is 38.7 Å². The normalized spacial score (nSPS) is 25.1. The Morgan fingerprint density at radius 2 is 1.86 bits per heavy atom. The first-order valence-corrected chi connectivity index (χ1v) is 10.2. The van der Waals surface area contributed by atoms with Crippen molar-refractivity contribution < 1.29 is 31.9 Å². The number of amides is 2. The third kappa shape index (κ3) is 4.96. The number of carbonyl (C=O) groups excluding carboxylic acids is 1. The van der Waals surface area contributed by atoms with Crippen molar-refractivity contribution in [1.82, 2.24) is 9.80 Å². The highest BCUT2D eigenvalue weighted by Crippen LogP contribution is 2.36. The summed E-state index contributed by atoms with van der Waals surface area (Å²) in [6.45, 7) is 1.47. The largest absolute Gasteiger partial charge is 0.481 e. The molecule has 0 bridgehead atoms. The van der Waals surface area contributed by atoms with Gasteiger partial charge in [-0.25, -0.2) is 22.0 Å². The van der Waals surface area contributed by atoms with E-state index in [4.69, 9.17) is 9.90 Å². The molecule has 2 amide bonds. The number of carboxylic acid groups (broad SMARTS) is 1. The molecule has 2 aliphatic heterocycles. The topological polar surface area (TPSA) is 107 Å². The Bertz CT molecular complexity index is 858. The summed E-state index contributed by atoms with van der Waals surface area (Å²) in [5.41, 5.74) is -0.134. The van der Waals surface area contributed by atoms with Gasteiger partial charge >= 0.3 is 6.03 Å². The summed E-state index contributed by atoms with van der Waals surface area (Å²) in [6, 6.07) is 2.15. The SMILES string of the molecule is CC(=O)O.CN(C)[C@@H]1CS(=O)(=O)[C@H]2CN(C(=O)Nc3ccc(F)cc3F)C[C@@H]12. The van der Waals surface area contributed by atoms with Crippen LogP contribution in [0.3, 0.4) is 0 Å². The molecule has 2 saturated heterocycles. The highest BCUT2D eigenvalue weighted by molar-refractivity contribution is 7.92. The van der Waals surface area contributed by atoms with Crippen LogP contribution in [0.5, 0.6) is 0 Å².